The molecule has 0 aliphatic heterocycles. The van der Waals surface area contributed by atoms with E-state index in [9.17, 15) is 4.79 Å². The minimum atomic E-state index is 0.405. The average molecular weight is 254 g/mol. The van der Waals surface area contributed by atoms with Gasteiger partial charge in [0.2, 0.25) is 0 Å². The van der Waals surface area contributed by atoms with Crippen LogP contribution in [-0.4, -0.2) is 16.8 Å². The van der Waals surface area contributed by atoms with Crippen molar-refractivity contribution in [3.05, 3.63) is 0 Å². The van der Waals surface area contributed by atoms with E-state index >= 15 is 0 Å². The molecule has 0 aromatic rings. The van der Waals surface area contributed by atoms with Gasteiger partial charge in [0.15, 0.2) is 0 Å². The maximum atomic E-state index is 12.3. The number of hydrogen-bond donors (Lipinski definition) is 0. The SMILES string of the molecule is CCC1CCCCC1C(=O)CSC1CCCC1. The van der Waals surface area contributed by atoms with Crippen molar-refractivity contribution in [1.82, 2.24) is 0 Å². The van der Waals surface area contributed by atoms with Crippen LogP contribution in [0.4, 0.5) is 0 Å². The van der Waals surface area contributed by atoms with Crippen molar-refractivity contribution in [3.8, 4) is 0 Å². The summed E-state index contributed by atoms with van der Waals surface area (Å²) in [5.74, 6) is 2.46. The highest BCUT2D eigenvalue weighted by Crippen LogP contribution is 2.35. The number of carbonyl (C=O) groups is 1. The molecule has 1 nitrogen and oxygen atoms in total. The zero-order chi connectivity index (χ0) is 12.1. The van der Waals surface area contributed by atoms with Crippen molar-refractivity contribution in [2.45, 2.75) is 70.0 Å². The standard InChI is InChI=1S/C15H26OS/c1-2-12-7-3-6-10-14(12)15(16)11-17-13-8-4-5-9-13/h12-14H,2-11H2,1H3. The van der Waals surface area contributed by atoms with Crippen molar-refractivity contribution in [2.24, 2.45) is 11.8 Å². The molecule has 17 heavy (non-hydrogen) atoms. The summed E-state index contributed by atoms with van der Waals surface area (Å²) in [6.45, 7) is 2.25. The van der Waals surface area contributed by atoms with Gasteiger partial charge < -0.3 is 0 Å². The summed E-state index contributed by atoms with van der Waals surface area (Å²) in [6, 6.07) is 0. The van der Waals surface area contributed by atoms with Crippen molar-refractivity contribution in [3.63, 3.8) is 0 Å². The van der Waals surface area contributed by atoms with Crippen LogP contribution in [0.15, 0.2) is 0 Å². The monoisotopic (exact) mass is 254 g/mol. The largest absolute Gasteiger partial charge is 0.298 e. The third kappa shape index (κ3) is 3.74. The summed E-state index contributed by atoms with van der Waals surface area (Å²) >= 11 is 1.95. The molecule has 2 aliphatic rings. The quantitative estimate of drug-likeness (QED) is 0.721. The summed E-state index contributed by atoms with van der Waals surface area (Å²) in [7, 11) is 0. The maximum absolute atomic E-state index is 12.3. The number of ketones is 1. The number of carbonyl (C=O) groups excluding carboxylic acids is 1. The van der Waals surface area contributed by atoms with Gasteiger partial charge in [-0.25, -0.2) is 0 Å². The molecule has 0 N–H and O–H groups in total. The van der Waals surface area contributed by atoms with E-state index in [0.29, 0.717) is 17.6 Å². The Hall–Kier alpha value is 0.0200. The van der Waals surface area contributed by atoms with Gasteiger partial charge in [0, 0.05) is 11.2 Å². The van der Waals surface area contributed by atoms with Crippen LogP contribution < -0.4 is 0 Å². The van der Waals surface area contributed by atoms with Gasteiger partial charge in [-0.3, -0.25) is 4.79 Å². The summed E-state index contributed by atoms with van der Waals surface area (Å²) in [4.78, 5) is 12.3. The van der Waals surface area contributed by atoms with Gasteiger partial charge in [0.1, 0.15) is 5.78 Å². The van der Waals surface area contributed by atoms with Crippen molar-refractivity contribution < 1.29 is 4.79 Å². The first-order valence-corrected chi connectivity index (χ1v) is 8.50. The van der Waals surface area contributed by atoms with E-state index in [-0.39, 0.29) is 0 Å². The average Bonchev–Trinajstić information content (AvgIpc) is 2.89. The Morgan fingerprint density at radius 2 is 1.71 bits per heavy atom. The second-order valence-electron chi connectivity index (χ2n) is 5.74. The Kier molecular flexibility index (Phi) is 5.40. The Morgan fingerprint density at radius 3 is 2.41 bits per heavy atom. The lowest BCUT2D eigenvalue weighted by atomic mass is 9.76. The Labute approximate surface area is 110 Å². The number of rotatable bonds is 5. The van der Waals surface area contributed by atoms with E-state index in [0.717, 1.165) is 11.0 Å². The van der Waals surface area contributed by atoms with Crippen LogP contribution >= 0.6 is 11.8 Å². The second-order valence-corrected chi connectivity index (χ2v) is 7.03. The van der Waals surface area contributed by atoms with Gasteiger partial charge >= 0.3 is 0 Å². The molecule has 0 aromatic heterocycles. The van der Waals surface area contributed by atoms with Crippen molar-refractivity contribution in [1.29, 1.82) is 0 Å². The molecule has 2 saturated carbocycles. The molecule has 0 saturated heterocycles. The van der Waals surface area contributed by atoms with E-state index in [1.165, 1.54) is 57.8 Å². The second kappa shape index (κ2) is 6.82. The molecule has 2 aliphatic carbocycles. The third-order valence-corrected chi connectivity index (χ3v) is 6.00. The fourth-order valence-corrected chi connectivity index (χ4v) is 4.76. The van der Waals surface area contributed by atoms with E-state index in [1.807, 2.05) is 11.8 Å². The van der Waals surface area contributed by atoms with Crippen molar-refractivity contribution in [2.75, 3.05) is 5.75 Å². The highest BCUT2D eigenvalue weighted by atomic mass is 32.2. The highest BCUT2D eigenvalue weighted by Gasteiger charge is 2.29. The Balaban J connectivity index is 1.76. The first-order valence-electron chi connectivity index (χ1n) is 7.45. The van der Waals surface area contributed by atoms with Crippen LogP contribution in [0.1, 0.15) is 64.7 Å². The van der Waals surface area contributed by atoms with E-state index < -0.39 is 0 Å². The molecule has 0 radical (unpaired) electrons. The number of hydrogen-bond acceptors (Lipinski definition) is 2. The van der Waals surface area contributed by atoms with E-state index in [2.05, 4.69) is 6.92 Å². The Morgan fingerprint density at radius 1 is 1.06 bits per heavy atom. The molecular formula is C15H26OS. The molecule has 2 heteroatoms. The van der Waals surface area contributed by atoms with E-state index in [4.69, 9.17) is 0 Å². The van der Waals surface area contributed by atoms with Crippen LogP contribution in [0.3, 0.4) is 0 Å². The first kappa shape index (κ1) is 13.5. The molecule has 2 unspecified atom stereocenters. The van der Waals surface area contributed by atoms with Gasteiger partial charge in [-0.05, 0) is 31.6 Å². The smallest absolute Gasteiger partial charge is 0.146 e. The van der Waals surface area contributed by atoms with E-state index in [1.54, 1.807) is 0 Å². The van der Waals surface area contributed by atoms with Crippen LogP contribution in [-0.2, 0) is 4.79 Å². The molecule has 2 atom stereocenters. The van der Waals surface area contributed by atoms with Gasteiger partial charge in [-0.15, -0.1) is 0 Å². The lowest BCUT2D eigenvalue weighted by Gasteiger charge is -2.29. The van der Waals surface area contributed by atoms with Gasteiger partial charge in [0.25, 0.3) is 0 Å². The zero-order valence-electron chi connectivity index (χ0n) is 11.1. The highest BCUT2D eigenvalue weighted by molar-refractivity contribution is 8.00. The lowest BCUT2D eigenvalue weighted by molar-refractivity contribution is -0.123. The minimum Gasteiger partial charge on any atom is -0.298 e. The fourth-order valence-electron chi connectivity index (χ4n) is 3.48. The molecule has 0 aromatic carbocycles. The summed E-state index contributed by atoms with van der Waals surface area (Å²) in [6.07, 6.45) is 11.7. The van der Waals surface area contributed by atoms with Crippen LogP contribution in [0.2, 0.25) is 0 Å². The molecule has 0 spiro atoms. The van der Waals surface area contributed by atoms with Gasteiger partial charge in [0.05, 0.1) is 5.75 Å². The topological polar surface area (TPSA) is 17.1 Å². The predicted octanol–water partition coefficient (Wildman–Crippen LogP) is 4.45. The number of thioether (sulfide) groups is 1. The number of Topliss-reactive ketones (excluding diaryl/α,β-unsaturated/α-hetero) is 1. The molecule has 0 amide bonds. The van der Waals surface area contributed by atoms with Crippen LogP contribution in [0.25, 0.3) is 0 Å². The maximum Gasteiger partial charge on any atom is 0.146 e. The molecular weight excluding hydrogens is 228 g/mol. The molecule has 0 heterocycles. The van der Waals surface area contributed by atoms with Gasteiger partial charge in [-0.2, -0.15) is 11.8 Å². The molecule has 0 bridgehead atoms. The normalized spacial score (nSPS) is 30.6. The first-order chi connectivity index (χ1) is 8.31. The predicted molar refractivity (Wildman–Crippen MR) is 75.5 cm³/mol. The summed E-state index contributed by atoms with van der Waals surface area (Å²) in [5, 5.41) is 0.794. The molecule has 2 fully saturated rings. The molecule has 98 valence electrons. The lowest BCUT2D eigenvalue weighted by Crippen LogP contribution is -2.28. The molecule has 2 rings (SSSR count). The Bertz CT molecular complexity index is 245. The van der Waals surface area contributed by atoms with Crippen molar-refractivity contribution >= 4 is 17.5 Å². The van der Waals surface area contributed by atoms with Crippen LogP contribution in [0, 0.1) is 11.8 Å². The third-order valence-electron chi connectivity index (χ3n) is 4.61. The van der Waals surface area contributed by atoms with Crippen LogP contribution in [0.5, 0.6) is 0 Å². The minimum absolute atomic E-state index is 0.405. The fraction of sp³-hybridized carbons (Fsp3) is 0.933. The summed E-state index contributed by atoms with van der Waals surface area (Å²) in [5.41, 5.74) is 0. The van der Waals surface area contributed by atoms with Gasteiger partial charge in [-0.1, -0.05) is 39.0 Å². The zero-order valence-corrected chi connectivity index (χ0v) is 11.9. The summed E-state index contributed by atoms with van der Waals surface area (Å²) < 4.78 is 0.